The van der Waals surface area contributed by atoms with E-state index in [1.807, 2.05) is 32.7 Å². The summed E-state index contributed by atoms with van der Waals surface area (Å²) in [5.74, 6) is 0.197. The number of carbonyl (C=O) groups is 1. The maximum atomic E-state index is 12.1. The average Bonchev–Trinajstić information content (AvgIpc) is 2.56. The van der Waals surface area contributed by atoms with Gasteiger partial charge in [0, 0.05) is 19.1 Å². The smallest absolute Gasteiger partial charge is 0.239 e. The predicted molar refractivity (Wildman–Crippen MR) is 71.9 cm³/mol. The van der Waals surface area contributed by atoms with Gasteiger partial charge >= 0.3 is 0 Å². The van der Waals surface area contributed by atoms with Gasteiger partial charge < -0.3 is 10.2 Å². The lowest BCUT2D eigenvalue weighted by atomic mass is 9.87. The zero-order chi connectivity index (χ0) is 13.2. The molecular weight excluding hydrogens is 212 g/mol. The molecule has 3 nitrogen and oxygen atoms in total. The van der Waals surface area contributed by atoms with Gasteiger partial charge in [0.2, 0.25) is 5.91 Å². The number of hydrogen-bond donors (Lipinski definition) is 1. The van der Waals surface area contributed by atoms with E-state index in [1.165, 1.54) is 19.3 Å². The van der Waals surface area contributed by atoms with Crippen molar-refractivity contribution in [3.05, 3.63) is 0 Å². The van der Waals surface area contributed by atoms with Crippen LogP contribution in [0.3, 0.4) is 0 Å². The molecule has 0 saturated heterocycles. The fourth-order valence-electron chi connectivity index (χ4n) is 2.57. The van der Waals surface area contributed by atoms with Crippen molar-refractivity contribution < 1.29 is 4.79 Å². The minimum Gasteiger partial charge on any atom is -0.342 e. The second-order valence-corrected chi connectivity index (χ2v) is 6.36. The predicted octanol–water partition coefficient (Wildman–Crippen LogP) is 2.41. The number of carbonyl (C=O) groups excluding carboxylic acids is 1. The maximum absolute atomic E-state index is 12.1. The third-order valence-electron chi connectivity index (χ3n) is 4.20. The van der Waals surface area contributed by atoms with E-state index in [0.29, 0.717) is 11.5 Å². The van der Waals surface area contributed by atoms with Gasteiger partial charge in [-0.05, 0) is 39.0 Å². The Bertz CT molecular complexity index is 273. The van der Waals surface area contributed by atoms with E-state index in [-0.39, 0.29) is 18.0 Å². The van der Waals surface area contributed by atoms with E-state index in [2.05, 4.69) is 19.2 Å². The summed E-state index contributed by atoms with van der Waals surface area (Å²) >= 11 is 0. The van der Waals surface area contributed by atoms with E-state index in [1.54, 1.807) is 0 Å². The van der Waals surface area contributed by atoms with Gasteiger partial charge in [0.1, 0.15) is 0 Å². The molecular formula is C14H28N2O. The number of hydrogen-bond acceptors (Lipinski definition) is 2. The van der Waals surface area contributed by atoms with Gasteiger partial charge in [0.15, 0.2) is 0 Å². The first-order valence-electron chi connectivity index (χ1n) is 6.78. The van der Waals surface area contributed by atoms with Crippen LogP contribution in [0.1, 0.15) is 53.9 Å². The molecule has 1 N–H and O–H groups in total. The lowest BCUT2D eigenvalue weighted by Gasteiger charge is -2.32. The summed E-state index contributed by atoms with van der Waals surface area (Å²) in [6, 6.07) is 0.662. The molecule has 1 saturated carbocycles. The van der Waals surface area contributed by atoms with Gasteiger partial charge in [0.05, 0.1) is 6.04 Å². The third kappa shape index (κ3) is 3.44. The van der Waals surface area contributed by atoms with Crippen molar-refractivity contribution in [1.82, 2.24) is 10.2 Å². The average molecular weight is 240 g/mol. The summed E-state index contributed by atoms with van der Waals surface area (Å²) in [4.78, 5) is 14.0. The van der Waals surface area contributed by atoms with Crippen LogP contribution in [0.25, 0.3) is 0 Å². The Morgan fingerprint density at radius 2 is 1.94 bits per heavy atom. The zero-order valence-corrected chi connectivity index (χ0v) is 12.2. The highest BCUT2D eigenvalue weighted by Crippen LogP contribution is 2.37. The van der Waals surface area contributed by atoms with Gasteiger partial charge in [0.25, 0.3) is 0 Å². The second kappa shape index (κ2) is 5.38. The molecule has 0 unspecified atom stereocenters. The number of amides is 1. The summed E-state index contributed by atoms with van der Waals surface area (Å²) in [6.45, 7) is 10.7. The third-order valence-corrected chi connectivity index (χ3v) is 4.20. The number of rotatable bonds is 4. The number of nitrogens with one attached hydrogen (secondary N) is 1. The lowest BCUT2D eigenvalue weighted by Crippen LogP contribution is -2.51. The van der Waals surface area contributed by atoms with Crippen LogP contribution in [0.15, 0.2) is 0 Å². The highest BCUT2D eigenvalue weighted by Gasteiger charge is 2.36. The summed E-state index contributed by atoms with van der Waals surface area (Å²) in [5.41, 5.74) is 0.324. The first-order valence-corrected chi connectivity index (χ1v) is 6.78. The Morgan fingerprint density at radius 1 is 1.35 bits per heavy atom. The van der Waals surface area contributed by atoms with E-state index in [0.717, 1.165) is 0 Å². The molecule has 1 amide bonds. The molecule has 0 bridgehead atoms. The van der Waals surface area contributed by atoms with Crippen molar-refractivity contribution in [3.63, 3.8) is 0 Å². The van der Waals surface area contributed by atoms with Gasteiger partial charge in [-0.2, -0.15) is 0 Å². The van der Waals surface area contributed by atoms with Gasteiger partial charge in [-0.1, -0.05) is 20.3 Å². The van der Waals surface area contributed by atoms with Crippen LogP contribution < -0.4 is 5.32 Å². The molecule has 0 radical (unpaired) electrons. The van der Waals surface area contributed by atoms with Gasteiger partial charge in [-0.25, -0.2) is 0 Å². The van der Waals surface area contributed by atoms with Crippen molar-refractivity contribution >= 4 is 5.91 Å². The molecule has 1 aliphatic carbocycles. The van der Waals surface area contributed by atoms with Crippen molar-refractivity contribution in [2.45, 2.75) is 72.0 Å². The summed E-state index contributed by atoms with van der Waals surface area (Å²) in [5, 5.41) is 3.51. The van der Waals surface area contributed by atoms with E-state index >= 15 is 0 Å². The standard InChI is InChI=1S/C14H28N2O/c1-10(2)16(6)13(17)11(3)15-12-8-7-9-14(12,4)5/h10-12,15H,7-9H2,1-6H3/t11-,12-/m0/s1. The normalized spacial score (nSPS) is 25.0. The Kier molecular flexibility index (Phi) is 4.59. The molecule has 1 rings (SSSR count). The Labute approximate surface area is 106 Å². The molecule has 3 heteroatoms. The molecule has 2 atom stereocenters. The Morgan fingerprint density at radius 3 is 2.35 bits per heavy atom. The van der Waals surface area contributed by atoms with E-state index in [4.69, 9.17) is 0 Å². The van der Waals surface area contributed by atoms with Crippen LogP contribution in [0.5, 0.6) is 0 Å². The molecule has 1 aliphatic rings. The van der Waals surface area contributed by atoms with Crippen LogP contribution in [-0.2, 0) is 4.79 Å². The second-order valence-electron chi connectivity index (χ2n) is 6.36. The van der Waals surface area contributed by atoms with Gasteiger partial charge in [-0.3, -0.25) is 4.79 Å². The Hall–Kier alpha value is -0.570. The molecule has 0 spiro atoms. The van der Waals surface area contributed by atoms with E-state index in [9.17, 15) is 4.79 Å². The topological polar surface area (TPSA) is 32.3 Å². The van der Waals surface area contributed by atoms with Crippen LogP contribution in [0.2, 0.25) is 0 Å². The summed E-state index contributed by atoms with van der Waals surface area (Å²) in [6.07, 6.45) is 3.72. The highest BCUT2D eigenvalue weighted by atomic mass is 16.2. The quantitative estimate of drug-likeness (QED) is 0.818. The number of nitrogens with zero attached hydrogens (tertiary/aromatic N) is 1. The van der Waals surface area contributed by atoms with Crippen molar-refractivity contribution in [3.8, 4) is 0 Å². The van der Waals surface area contributed by atoms with Crippen LogP contribution >= 0.6 is 0 Å². The molecule has 1 fully saturated rings. The number of likely N-dealkylation sites (N-methyl/N-ethyl adjacent to an activating group) is 1. The van der Waals surface area contributed by atoms with Crippen LogP contribution in [-0.4, -0.2) is 36.0 Å². The first kappa shape index (κ1) is 14.5. The first-order chi connectivity index (χ1) is 7.75. The maximum Gasteiger partial charge on any atom is 0.239 e. The molecule has 0 aromatic heterocycles. The molecule has 100 valence electrons. The van der Waals surface area contributed by atoms with Crippen molar-refractivity contribution in [1.29, 1.82) is 0 Å². The molecule has 0 aliphatic heterocycles. The fraction of sp³-hybridized carbons (Fsp3) is 0.929. The SMILES string of the molecule is CC(C)N(C)C(=O)[C@H](C)N[C@H]1CCCC1(C)C. The van der Waals surface area contributed by atoms with Crippen molar-refractivity contribution in [2.75, 3.05) is 7.05 Å². The highest BCUT2D eigenvalue weighted by molar-refractivity contribution is 5.81. The van der Waals surface area contributed by atoms with Crippen molar-refractivity contribution in [2.24, 2.45) is 5.41 Å². The lowest BCUT2D eigenvalue weighted by molar-refractivity contribution is -0.133. The zero-order valence-electron chi connectivity index (χ0n) is 12.2. The Balaban J connectivity index is 2.54. The molecule has 17 heavy (non-hydrogen) atoms. The van der Waals surface area contributed by atoms with Crippen LogP contribution in [0.4, 0.5) is 0 Å². The molecule has 0 aromatic carbocycles. The summed E-state index contributed by atoms with van der Waals surface area (Å²) in [7, 11) is 1.88. The van der Waals surface area contributed by atoms with E-state index < -0.39 is 0 Å². The minimum atomic E-state index is -0.0789. The minimum absolute atomic E-state index is 0.0789. The molecule has 0 aromatic rings. The molecule has 0 heterocycles. The largest absolute Gasteiger partial charge is 0.342 e. The fourth-order valence-corrected chi connectivity index (χ4v) is 2.57. The monoisotopic (exact) mass is 240 g/mol. The van der Waals surface area contributed by atoms with Gasteiger partial charge in [-0.15, -0.1) is 0 Å². The van der Waals surface area contributed by atoms with Crippen LogP contribution in [0, 0.1) is 5.41 Å². The summed E-state index contributed by atoms with van der Waals surface area (Å²) < 4.78 is 0.